The topological polar surface area (TPSA) is 61.4 Å². The van der Waals surface area contributed by atoms with Crippen molar-refractivity contribution in [1.82, 2.24) is 5.32 Å². The number of carbonyl (C=O) groups is 2. The van der Waals surface area contributed by atoms with E-state index in [0.29, 0.717) is 13.0 Å². The molecule has 1 fully saturated rings. The van der Waals surface area contributed by atoms with E-state index in [1.165, 1.54) is 0 Å². The van der Waals surface area contributed by atoms with Crippen LogP contribution in [0, 0.1) is 13.8 Å². The van der Waals surface area contributed by atoms with Gasteiger partial charge in [0.05, 0.1) is 6.04 Å². The number of nitrogens with one attached hydrogen (secondary N) is 2. The van der Waals surface area contributed by atoms with Gasteiger partial charge < -0.3 is 15.5 Å². The van der Waals surface area contributed by atoms with Crippen LogP contribution in [0.2, 0.25) is 0 Å². The van der Waals surface area contributed by atoms with E-state index in [4.69, 9.17) is 0 Å². The van der Waals surface area contributed by atoms with E-state index >= 15 is 0 Å². The van der Waals surface area contributed by atoms with Crippen LogP contribution in [0.4, 0.5) is 16.2 Å². The number of urea groups is 1. The van der Waals surface area contributed by atoms with Crippen molar-refractivity contribution in [3.63, 3.8) is 0 Å². The number of aryl methyl sites for hydroxylation is 2. The normalized spacial score (nSPS) is 17.0. The fraction of sp³-hybridized carbons (Fsp3) is 0.263. The summed E-state index contributed by atoms with van der Waals surface area (Å²) in [6.07, 6.45) is 0.315. The highest BCUT2D eigenvalue weighted by Crippen LogP contribution is 2.21. The Morgan fingerprint density at radius 3 is 2.58 bits per heavy atom. The number of benzene rings is 2. The molecule has 0 aliphatic carbocycles. The van der Waals surface area contributed by atoms with Crippen LogP contribution in [-0.4, -0.2) is 24.5 Å². The van der Waals surface area contributed by atoms with Gasteiger partial charge in [0.1, 0.15) is 0 Å². The molecule has 3 rings (SSSR count). The maximum atomic E-state index is 12.2. The van der Waals surface area contributed by atoms with Crippen molar-refractivity contribution in [2.45, 2.75) is 26.3 Å². The Balaban J connectivity index is 1.60. The second-order valence-corrected chi connectivity index (χ2v) is 6.16. The first kappa shape index (κ1) is 16.1. The average molecular weight is 323 g/mol. The summed E-state index contributed by atoms with van der Waals surface area (Å²) in [7, 11) is 0. The van der Waals surface area contributed by atoms with Crippen LogP contribution in [-0.2, 0) is 4.79 Å². The van der Waals surface area contributed by atoms with Gasteiger partial charge in [-0.3, -0.25) is 4.79 Å². The summed E-state index contributed by atoms with van der Waals surface area (Å²) >= 11 is 0. The second-order valence-electron chi connectivity index (χ2n) is 6.16. The van der Waals surface area contributed by atoms with E-state index in [1.807, 2.05) is 62.4 Å². The largest absolute Gasteiger partial charge is 0.333 e. The third-order valence-electron chi connectivity index (χ3n) is 4.16. The van der Waals surface area contributed by atoms with Crippen LogP contribution in [0.15, 0.2) is 48.5 Å². The summed E-state index contributed by atoms with van der Waals surface area (Å²) in [4.78, 5) is 26.1. The predicted molar refractivity (Wildman–Crippen MR) is 95.3 cm³/mol. The van der Waals surface area contributed by atoms with Crippen molar-refractivity contribution >= 4 is 23.3 Å². The van der Waals surface area contributed by atoms with Crippen molar-refractivity contribution < 1.29 is 9.59 Å². The molecule has 2 aromatic rings. The number of anilines is 2. The third kappa shape index (κ3) is 3.56. The fourth-order valence-corrected chi connectivity index (χ4v) is 2.96. The monoisotopic (exact) mass is 323 g/mol. The molecule has 124 valence electrons. The van der Waals surface area contributed by atoms with E-state index in [2.05, 4.69) is 10.6 Å². The summed E-state index contributed by atoms with van der Waals surface area (Å²) < 4.78 is 0. The van der Waals surface area contributed by atoms with Crippen LogP contribution in [0.3, 0.4) is 0 Å². The SMILES string of the molecule is Cc1ccc(NC(=O)NC2CC(=O)N(c3ccccc3)C2)c(C)c1. The molecular formula is C19H21N3O2. The zero-order chi connectivity index (χ0) is 17.1. The van der Waals surface area contributed by atoms with Crippen LogP contribution in [0.5, 0.6) is 0 Å². The summed E-state index contributed by atoms with van der Waals surface area (Å²) in [5, 5.41) is 5.74. The molecule has 3 amide bonds. The van der Waals surface area contributed by atoms with Crippen molar-refractivity contribution in [3.05, 3.63) is 59.7 Å². The minimum atomic E-state index is -0.283. The smallest absolute Gasteiger partial charge is 0.319 e. The molecule has 1 unspecified atom stereocenters. The highest BCUT2D eigenvalue weighted by atomic mass is 16.2. The van der Waals surface area contributed by atoms with Crippen LogP contribution in [0.1, 0.15) is 17.5 Å². The lowest BCUT2D eigenvalue weighted by atomic mass is 10.1. The Labute approximate surface area is 141 Å². The van der Waals surface area contributed by atoms with E-state index in [1.54, 1.807) is 4.90 Å². The molecule has 5 nitrogen and oxygen atoms in total. The molecule has 0 spiro atoms. The molecule has 2 aromatic carbocycles. The molecule has 24 heavy (non-hydrogen) atoms. The lowest BCUT2D eigenvalue weighted by molar-refractivity contribution is -0.117. The molecular weight excluding hydrogens is 302 g/mol. The number of para-hydroxylation sites is 1. The van der Waals surface area contributed by atoms with Gasteiger partial charge in [-0.05, 0) is 37.6 Å². The number of carbonyl (C=O) groups excluding carboxylic acids is 2. The molecule has 1 aliphatic heterocycles. The molecule has 2 N–H and O–H groups in total. The van der Waals surface area contributed by atoms with Gasteiger partial charge in [0.25, 0.3) is 0 Å². The van der Waals surface area contributed by atoms with E-state index in [9.17, 15) is 9.59 Å². The highest BCUT2D eigenvalue weighted by Gasteiger charge is 2.31. The molecule has 1 heterocycles. The van der Waals surface area contributed by atoms with E-state index < -0.39 is 0 Å². The fourth-order valence-electron chi connectivity index (χ4n) is 2.96. The number of nitrogens with zero attached hydrogens (tertiary/aromatic N) is 1. The first-order valence-electron chi connectivity index (χ1n) is 8.03. The Morgan fingerprint density at radius 1 is 1.12 bits per heavy atom. The lowest BCUT2D eigenvalue weighted by Crippen LogP contribution is -2.39. The highest BCUT2D eigenvalue weighted by molar-refractivity contribution is 5.97. The molecule has 0 saturated carbocycles. The molecule has 0 radical (unpaired) electrons. The van der Waals surface area contributed by atoms with Crippen LogP contribution in [0.25, 0.3) is 0 Å². The molecule has 0 aromatic heterocycles. The maximum absolute atomic E-state index is 12.2. The average Bonchev–Trinajstić information content (AvgIpc) is 2.91. The Kier molecular flexibility index (Phi) is 4.51. The van der Waals surface area contributed by atoms with Crippen LogP contribution >= 0.6 is 0 Å². The van der Waals surface area contributed by atoms with Crippen LogP contribution < -0.4 is 15.5 Å². The molecule has 0 bridgehead atoms. The molecule has 1 aliphatic rings. The molecule has 5 heteroatoms. The number of hydrogen-bond acceptors (Lipinski definition) is 2. The third-order valence-corrected chi connectivity index (χ3v) is 4.16. The number of amides is 3. The maximum Gasteiger partial charge on any atom is 0.319 e. The van der Waals surface area contributed by atoms with Gasteiger partial charge in [-0.15, -0.1) is 0 Å². The first-order chi connectivity index (χ1) is 11.5. The summed E-state index contributed by atoms with van der Waals surface area (Å²) in [5.41, 5.74) is 3.81. The minimum Gasteiger partial charge on any atom is -0.333 e. The molecule has 1 atom stereocenters. The first-order valence-corrected chi connectivity index (χ1v) is 8.03. The minimum absolute atomic E-state index is 0.0259. The van der Waals surface area contributed by atoms with Crippen molar-refractivity contribution in [3.8, 4) is 0 Å². The van der Waals surface area contributed by atoms with Crippen molar-refractivity contribution in [1.29, 1.82) is 0 Å². The zero-order valence-electron chi connectivity index (χ0n) is 13.9. The predicted octanol–water partition coefficient (Wildman–Crippen LogP) is 3.23. The van der Waals surface area contributed by atoms with Gasteiger partial charge in [0, 0.05) is 24.3 Å². The van der Waals surface area contributed by atoms with E-state index in [-0.39, 0.29) is 18.0 Å². The summed E-state index contributed by atoms with van der Waals surface area (Å²) in [6.45, 7) is 4.46. The Bertz CT molecular complexity index is 758. The second kappa shape index (κ2) is 6.74. The lowest BCUT2D eigenvalue weighted by Gasteiger charge is -2.17. The van der Waals surface area contributed by atoms with E-state index in [0.717, 1.165) is 22.5 Å². The quantitative estimate of drug-likeness (QED) is 0.911. The van der Waals surface area contributed by atoms with Gasteiger partial charge in [-0.1, -0.05) is 35.9 Å². The summed E-state index contributed by atoms with van der Waals surface area (Å²) in [5.74, 6) is 0.0259. The number of hydrogen-bond donors (Lipinski definition) is 2. The zero-order valence-corrected chi connectivity index (χ0v) is 13.9. The van der Waals surface area contributed by atoms with Crippen molar-refractivity contribution in [2.24, 2.45) is 0 Å². The number of rotatable bonds is 3. The van der Waals surface area contributed by atoms with Gasteiger partial charge in [0.2, 0.25) is 5.91 Å². The van der Waals surface area contributed by atoms with Crippen molar-refractivity contribution in [2.75, 3.05) is 16.8 Å². The Morgan fingerprint density at radius 2 is 1.88 bits per heavy atom. The standard InChI is InChI=1S/C19H21N3O2/c1-13-8-9-17(14(2)10-13)21-19(24)20-15-11-18(23)22(12-15)16-6-4-3-5-7-16/h3-10,15H,11-12H2,1-2H3,(H2,20,21,24). The van der Waals surface area contributed by atoms with Gasteiger partial charge in [-0.25, -0.2) is 4.79 Å². The van der Waals surface area contributed by atoms with Gasteiger partial charge >= 0.3 is 6.03 Å². The van der Waals surface area contributed by atoms with Gasteiger partial charge in [-0.2, -0.15) is 0 Å². The Hall–Kier alpha value is -2.82. The summed E-state index contributed by atoms with van der Waals surface area (Å²) in [6, 6.07) is 14.9. The molecule has 1 saturated heterocycles. The van der Waals surface area contributed by atoms with Gasteiger partial charge in [0.15, 0.2) is 0 Å².